The molecule has 0 amide bonds. The van der Waals surface area contributed by atoms with Crippen molar-refractivity contribution in [2.45, 2.75) is 0 Å². The van der Waals surface area contributed by atoms with Crippen LogP contribution in [0.15, 0.2) is 21.1 Å². The molecule has 1 aromatic heterocycles. The molecule has 1 rings (SSSR count). The van der Waals surface area contributed by atoms with Gasteiger partial charge >= 0.3 is 5.97 Å². The fraction of sp³-hybridized carbons (Fsp3) is 0.375. The van der Waals surface area contributed by atoms with Crippen LogP contribution in [0.5, 0.6) is 0 Å². The first-order valence-corrected chi connectivity index (χ1v) is 4.83. The molecule has 0 aliphatic rings. The van der Waals surface area contributed by atoms with Crippen molar-refractivity contribution in [1.82, 2.24) is 5.01 Å². The van der Waals surface area contributed by atoms with E-state index in [1.54, 1.807) is 29.9 Å². The average Bonchev–Trinajstić information content (AvgIpc) is 2.61. The summed E-state index contributed by atoms with van der Waals surface area (Å²) in [5, 5.41) is 12.7. The summed E-state index contributed by atoms with van der Waals surface area (Å²) >= 11 is 1.39. The molecule has 14 heavy (non-hydrogen) atoms. The minimum absolute atomic E-state index is 0.390. The van der Waals surface area contributed by atoms with E-state index < -0.39 is 0 Å². The first-order valence-electron chi connectivity index (χ1n) is 3.88. The highest BCUT2D eigenvalue weighted by atomic mass is 32.1. The van der Waals surface area contributed by atoms with Crippen LogP contribution in [0.25, 0.3) is 0 Å². The van der Waals surface area contributed by atoms with Crippen molar-refractivity contribution < 1.29 is 9.53 Å². The molecular formula is C8H11N3O2S. The quantitative estimate of drug-likeness (QED) is 0.439. The fourth-order valence-corrected chi connectivity index (χ4v) is 1.49. The Kier molecular flexibility index (Phi) is 3.58. The third-order valence-corrected chi connectivity index (χ3v) is 2.11. The van der Waals surface area contributed by atoms with E-state index in [2.05, 4.69) is 15.1 Å². The van der Waals surface area contributed by atoms with Crippen LogP contribution in [-0.4, -0.2) is 32.2 Å². The van der Waals surface area contributed by atoms with E-state index in [4.69, 9.17) is 0 Å². The molecule has 0 aromatic carbocycles. The van der Waals surface area contributed by atoms with Crippen molar-refractivity contribution in [2.24, 2.45) is 10.3 Å². The lowest BCUT2D eigenvalue weighted by atomic mass is 10.3. The highest BCUT2D eigenvalue weighted by Crippen LogP contribution is 2.24. The van der Waals surface area contributed by atoms with Gasteiger partial charge in [-0.2, -0.15) is 0 Å². The van der Waals surface area contributed by atoms with Gasteiger partial charge in [-0.1, -0.05) is 5.22 Å². The number of rotatable bonds is 3. The van der Waals surface area contributed by atoms with Crippen molar-refractivity contribution in [2.75, 3.05) is 21.2 Å². The van der Waals surface area contributed by atoms with E-state index >= 15 is 0 Å². The number of thiophene rings is 1. The minimum Gasteiger partial charge on any atom is -0.465 e. The van der Waals surface area contributed by atoms with E-state index in [1.807, 2.05) is 0 Å². The first-order chi connectivity index (χ1) is 6.65. The van der Waals surface area contributed by atoms with Crippen molar-refractivity contribution in [1.29, 1.82) is 0 Å². The number of carbonyl (C=O) groups excluding carboxylic acids is 1. The monoisotopic (exact) mass is 213 g/mol. The normalized spacial score (nSPS) is 10.5. The van der Waals surface area contributed by atoms with Gasteiger partial charge in [0.2, 0.25) is 0 Å². The molecule has 0 saturated carbocycles. The zero-order valence-electron chi connectivity index (χ0n) is 8.22. The lowest BCUT2D eigenvalue weighted by Gasteiger charge is -2.00. The second-order valence-electron chi connectivity index (χ2n) is 2.70. The minimum atomic E-state index is -0.390. The molecule has 1 aromatic rings. The summed E-state index contributed by atoms with van der Waals surface area (Å²) in [7, 11) is 4.86. The van der Waals surface area contributed by atoms with E-state index in [9.17, 15) is 4.79 Å². The molecule has 0 aliphatic carbocycles. The molecule has 0 unspecified atom stereocenters. The first kappa shape index (κ1) is 10.6. The van der Waals surface area contributed by atoms with Gasteiger partial charge in [0.1, 0.15) is 5.69 Å². The molecule has 76 valence electrons. The van der Waals surface area contributed by atoms with Crippen LogP contribution in [0.1, 0.15) is 10.4 Å². The molecule has 5 nitrogen and oxygen atoms in total. The van der Waals surface area contributed by atoms with Crippen molar-refractivity contribution in [3.63, 3.8) is 0 Å². The van der Waals surface area contributed by atoms with Crippen LogP contribution in [-0.2, 0) is 4.74 Å². The third-order valence-electron chi connectivity index (χ3n) is 1.38. The Bertz CT molecular complexity index is 346. The highest BCUT2D eigenvalue weighted by molar-refractivity contribution is 7.08. The second kappa shape index (κ2) is 4.71. The molecule has 0 N–H and O–H groups in total. The average molecular weight is 213 g/mol. The molecule has 0 fully saturated rings. The zero-order chi connectivity index (χ0) is 10.6. The molecule has 0 atom stereocenters. The Morgan fingerprint density at radius 3 is 2.79 bits per heavy atom. The van der Waals surface area contributed by atoms with Crippen molar-refractivity contribution >= 4 is 23.0 Å². The summed E-state index contributed by atoms with van der Waals surface area (Å²) in [6, 6.07) is 0. The maximum atomic E-state index is 11.2. The van der Waals surface area contributed by atoms with E-state index in [-0.39, 0.29) is 5.97 Å². The second-order valence-corrected chi connectivity index (χ2v) is 3.44. The van der Waals surface area contributed by atoms with Gasteiger partial charge in [0.05, 0.1) is 12.7 Å². The topological polar surface area (TPSA) is 54.3 Å². The van der Waals surface area contributed by atoms with Gasteiger partial charge in [-0.25, -0.2) is 4.79 Å². The molecular weight excluding hydrogens is 202 g/mol. The maximum absolute atomic E-state index is 11.2. The van der Waals surface area contributed by atoms with E-state index in [1.165, 1.54) is 18.4 Å². The largest absolute Gasteiger partial charge is 0.465 e. The number of esters is 1. The fourth-order valence-electron chi connectivity index (χ4n) is 0.768. The third kappa shape index (κ3) is 2.53. The predicted octanol–water partition coefficient (Wildman–Crippen LogP) is 2.09. The summed E-state index contributed by atoms with van der Waals surface area (Å²) in [5.41, 5.74) is 0.985. The number of nitrogens with zero attached hydrogens (tertiary/aromatic N) is 3. The molecule has 6 heteroatoms. The predicted molar refractivity (Wildman–Crippen MR) is 53.9 cm³/mol. The van der Waals surface area contributed by atoms with Crippen LogP contribution in [0.4, 0.5) is 5.69 Å². The summed E-state index contributed by atoms with van der Waals surface area (Å²) in [4.78, 5) is 11.2. The lowest BCUT2D eigenvalue weighted by Crippen LogP contribution is -2.01. The summed E-state index contributed by atoms with van der Waals surface area (Å²) in [6.45, 7) is 0. The van der Waals surface area contributed by atoms with Gasteiger partial charge in [-0.3, -0.25) is 5.01 Å². The van der Waals surface area contributed by atoms with Gasteiger partial charge in [-0.15, -0.1) is 16.5 Å². The van der Waals surface area contributed by atoms with E-state index in [0.29, 0.717) is 11.3 Å². The van der Waals surface area contributed by atoms with E-state index in [0.717, 1.165) is 0 Å². The van der Waals surface area contributed by atoms with Crippen LogP contribution < -0.4 is 0 Å². The van der Waals surface area contributed by atoms with Gasteiger partial charge < -0.3 is 4.74 Å². The molecule has 0 spiro atoms. The number of ether oxygens (including phenoxy) is 1. The smallest absolute Gasteiger partial charge is 0.340 e. The standard InChI is InChI=1S/C8H11N3O2S/c1-11(2)10-9-7-5-14-4-6(7)8(12)13-3/h4-5H,1-3H3. The van der Waals surface area contributed by atoms with Crippen molar-refractivity contribution in [3.8, 4) is 0 Å². The van der Waals surface area contributed by atoms with Crippen LogP contribution in [0, 0.1) is 0 Å². The molecule has 0 saturated heterocycles. The zero-order valence-corrected chi connectivity index (χ0v) is 9.04. The summed E-state index contributed by atoms with van der Waals surface area (Å²) < 4.78 is 4.59. The molecule has 1 heterocycles. The lowest BCUT2D eigenvalue weighted by molar-refractivity contribution is 0.0602. The Balaban J connectivity index is 2.88. The van der Waals surface area contributed by atoms with Crippen LogP contribution in [0.2, 0.25) is 0 Å². The SMILES string of the molecule is COC(=O)c1cscc1N=NN(C)C. The number of hydrogen-bond donors (Lipinski definition) is 0. The van der Waals surface area contributed by atoms with Crippen LogP contribution >= 0.6 is 11.3 Å². The number of methoxy groups -OCH3 is 1. The van der Waals surface area contributed by atoms with Crippen molar-refractivity contribution in [3.05, 3.63) is 16.3 Å². The Labute approximate surface area is 86.0 Å². The number of carbonyl (C=O) groups is 1. The van der Waals surface area contributed by atoms with Gasteiger partial charge in [0, 0.05) is 24.9 Å². The Hall–Kier alpha value is -1.43. The maximum Gasteiger partial charge on any atom is 0.340 e. The molecule has 0 radical (unpaired) electrons. The number of hydrogen-bond acceptors (Lipinski definition) is 5. The Morgan fingerprint density at radius 1 is 1.50 bits per heavy atom. The van der Waals surface area contributed by atoms with Gasteiger partial charge in [0.25, 0.3) is 0 Å². The summed E-state index contributed by atoms with van der Waals surface area (Å²) in [5.74, 6) is -0.390. The molecule has 0 aliphatic heterocycles. The molecule has 0 bridgehead atoms. The summed E-state index contributed by atoms with van der Waals surface area (Å²) in [6.07, 6.45) is 0. The van der Waals surface area contributed by atoms with Gasteiger partial charge in [0.15, 0.2) is 0 Å². The highest BCUT2D eigenvalue weighted by Gasteiger charge is 2.12. The Morgan fingerprint density at radius 2 is 2.21 bits per heavy atom. The van der Waals surface area contributed by atoms with Crippen LogP contribution in [0.3, 0.4) is 0 Å². The van der Waals surface area contributed by atoms with Gasteiger partial charge in [-0.05, 0) is 0 Å².